The van der Waals surface area contributed by atoms with E-state index in [1.807, 2.05) is 6.26 Å². The van der Waals surface area contributed by atoms with E-state index < -0.39 is 5.97 Å². The van der Waals surface area contributed by atoms with Crippen LogP contribution >= 0.6 is 11.8 Å². The molecule has 0 aliphatic rings. The lowest BCUT2D eigenvalue weighted by molar-refractivity contribution is 0.0697. The van der Waals surface area contributed by atoms with E-state index in [-0.39, 0.29) is 11.6 Å². The van der Waals surface area contributed by atoms with Gasteiger partial charge in [-0.15, -0.1) is 0 Å². The first kappa shape index (κ1) is 13.4. The molecule has 0 heterocycles. The van der Waals surface area contributed by atoms with Crippen molar-refractivity contribution >= 4 is 29.4 Å². The Hall–Kier alpha value is -1.69. The van der Waals surface area contributed by atoms with Gasteiger partial charge >= 0.3 is 12.0 Å². The average molecular weight is 254 g/mol. The van der Waals surface area contributed by atoms with E-state index in [4.69, 9.17) is 5.11 Å². The van der Waals surface area contributed by atoms with Crippen molar-refractivity contribution in [2.75, 3.05) is 23.9 Å². The smallest absolute Gasteiger partial charge is 0.335 e. The number of thioether (sulfide) groups is 1. The van der Waals surface area contributed by atoms with Gasteiger partial charge in [-0.05, 0) is 24.5 Å². The van der Waals surface area contributed by atoms with Gasteiger partial charge in [0.2, 0.25) is 0 Å². The van der Waals surface area contributed by atoms with Gasteiger partial charge in [-0.2, -0.15) is 11.8 Å². The van der Waals surface area contributed by atoms with Crippen molar-refractivity contribution in [3.8, 4) is 0 Å². The first-order chi connectivity index (χ1) is 8.13. The van der Waals surface area contributed by atoms with Gasteiger partial charge in [-0.1, -0.05) is 6.07 Å². The number of nitrogens with one attached hydrogen (secondary N) is 2. The summed E-state index contributed by atoms with van der Waals surface area (Å²) in [6.07, 6.45) is 1.95. The van der Waals surface area contributed by atoms with Crippen LogP contribution in [-0.4, -0.2) is 35.7 Å². The number of hydrogen-bond acceptors (Lipinski definition) is 3. The fourth-order valence-corrected chi connectivity index (χ4v) is 1.48. The van der Waals surface area contributed by atoms with Crippen LogP contribution in [0.2, 0.25) is 0 Å². The Morgan fingerprint density at radius 1 is 1.41 bits per heavy atom. The SMILES string of the molecule is CSCCNC(=O)Nc1cccc(C(=O)O)c1. The molecular weight excluding hydrogens is 240 g/mol. The first-order valence-corrected chi connectivity index (χ1v) is 6.40. The van der Waals surface area contributed by atoms with E-state index in [9.17, 15) is 9.59 Å². The minimum Gasteiger partial charge on any atom is -0.478 e. The van der Waals surface area contributed by atoms with Crippen molar-refractivity contribution in [3.05, 3.63) is 29.8 Å². The number of carboxylic acid groups (broad SMARTS) is 1. The van der Waals surface area contributed by atoms with Gasteiger partial charge < -0.3 is 15.7 Å². The van der Waals surface area contributed by atoms with Gasteiger partial charge in [-0.3, -0.25) is 0 Å². The Bertz CT molecular complexity index is 409. The number of anilines is 1. The van der Waals surface area contributed by atoms with Crippen LogP contribution in [0.15, 0.2) is 24.3 Å². The van der Waals surface area contributed by atoms with Crippen LogP contribution in [0.1, 0.15) is 10.4 Å². The van der Waals surface area contributed by atoms with Gasteiger partial charge in [0, 0.05) is 18.0 Å². The van der Waals surface area contributed by atoms with Crippen molar-refractivity contribution in [2.24, 2.45) is 0 Å². The highest BCUT2D eigenvalue weighted by Crippen LogP contribution is 2.10. The zero-order valence-electron chi connectivity index (χ0n) is 9.40. The number of benzene rings is 1. The Kier molecular flexibility index (Phi) is 5.35. The van der Waals surface area contributed by atoms with Gasteiger partial charge in [-0.25, -0.2) is 9.59 Å². The molecule has 1 rings (SSSR count). The fraction of sp³-hybridized carbons (Fsp3) is 0.273. The summed E-state index contributed by atoms with van der Waals surface area (Å²) >= 11 is 1.64. The minimum atomic E-state index is -1.02. The highest BCUT2D eigenvalue weighted by molar-refractivity contribution is 7.98. The number of hydrogen-bond donors (Lipinski definition) is 3. The molecule has 6 heteroatoms. The lowest BCUT2D eigenvalue weighted by atomic mass is 10.2. The number of carboxylic acids is 1. The largest absolute Gasteiger partial charge is 0.478 e. The standard InChI is InChI=1S/C11H14N2O3S/c1-17-6-5-12-11(16)13-9-4-2-3-8(7-9)10(14)15/h2-4,7H,5-6H2,1H3,(H,14,15)(H2,12,13,16). The molecule has 0 unspecified atom stereocenters. The quantitative estimate of drug-likeness (QED) is 0.701. The van der Waals surface area contributed by atoms with Gasteiger partial charge in [0.1, 0.15) is 0 Å². The molecule has 2 amide bonds. The number of amides is 2. The molecule has 0 bridgehead atoms. The van der Waals surface area contributed by atoms with E-state index in [0.29, 0.717) is 12.2 Å². The molecule has 0 atom stereocenters. The second-order valence-corrected chi connectivity index (χ2v) is 4.25. The second-order valence-electron chi connectivity index (χ2n) is 3.26. The molecule has 0 aromatic heterocycles. The normalized spacial score (nSPS) is 9.71. The first-order valence-electron chi connectivity index (χ1n) is 5.00. The molecule has 5 nitrogen and oxygen atoms in total. The zero-order chi connectivity index (χ0) is 12.7. The van der Waals surface area contributed by atoms with Crippen molar-refractivity contribution in [3.63, 3.8) is 0 Å². The van der Waals surface area contributed by atoms with Crippen LogP contribution in [0.5, 0.6) is 0 Å². The second kappa shape index (κ2) is 6.80. The summed E-state index contributed by atoms with van der Waals surface area (Å²) < 4.78 is 0. The van der Waals surface area contributed by atoms with E-state index in [0.717, 1.165) is 5.75 Å². The summed E-state index contributed by atoms with van der Waals surface area (Å²) in [6, 6.07) is 5.78. The molecule has 0 aliphatic carbocycles. The number of rotatable bonds is 5. The van der Waals surface area contributed by atoms with E-state index >= 15 is 0 Å². The van der Waals surface area contributed by atoms with Crippen LogP contribution in [-0.2, 0) is 0 Å². The maximum atomic E-state index is 11.4. The minimum absolute atomic E-state index is 0.145. The van der Waals surface area contributed by atoms with Crippen molar-refractivity contribution < 1.29 is 14.7 Å². The fourth-order valence-electron chi connectivity index (χ4n) is 1.17. The molecule has 0 aliphatic heterocycles. The molecule has 0 spiro atoms. The molecule has 0 saturated heterocycles. The predicted molar refractivity (Wildman–Crippen MR) is 68.8 cm³/mol. The number of aromatic carboxylic acids is 1. The molecule has 0 fully saturated rings. The lowest BCUT2D eigenvalue weighted by Gasteiger charge is -2.07. The number of urea groups is 1. The number of carbonyl (C=O) groups excluding carboxylic acids is 1. The van der Waals surface area contributed by atoms with Crippen molar-refractivity contribution in [1.29, 1.82) is 0 Å². The molecular formula is C11H14N2O3S. The third-order valence-corrected chi connectivity index (χ3v) is 2.57. The highest BCUT2D eigenvalue weighted by atomic mass is 32.2. The third-order valence-electron chi connectivity index (χ3n) is 1.96. The predicted octanol–water partition coefficient (Wildman–Crippen LogP) is 1.87. The van der Waals surface area contributed by atoms with Crippen molar-refractivity contribution in [1.82, 2.24) is 5.32 Å². The summed E-state index contributed by atoms with van der Waals surface area (Å²) in [6.45, 7) is 0.575. The lowest BCUT2D eigenvalue weighted by Crippen LogP contribution is -2.30. The summed E-state index contributed by atoms with van der Waals surface area (Å²) in [5, 5.41) is 14.0. The van der Waals surface area contributed by atoms with Crippen LogP contribution in [0.25, 0.3) is 0 Å². The Balaban J connectivity index is 2.53. The maximum Gasteiger partial charge on any atom is 0.335 e. The molecule has 1 aromatic rings. The summed E-state index contributed by atoms with van der Waals surface area (Å²) in [5.74, 6) is -0.181. The topological polar surface area (TPSA) is 78.4 Å². The highest BCUT2D eigenvalue weighted by Gasteiger charge is 2.05. The van der Waals surface area contributed by atoms with Crippen LogP contribution in [0.4, 0.5) is 10.5 Å². The van der Waals surface area contributed by atoms with Gasteiger partial charge in [0.05, 0.1) is 5.56 Å². The van der Waals surface area contributed by atoms with E-state index in [1.165, 1.54) is 12.1 Å². The summed E-state index contributed by atoms with van der Waals surface area (Å²) in [4.78, 5) is 22.1. The van der Waals surface area contributed by atoms with E-state index in [1.54, 1.807) is 23.9 Å². The molecule has 3 N–H and O–H groups in total. The maximum absolute atomic E-state index is 11.4. The average Bonchev–Trinajstić information content (AvgIpc) is 2.29. The van der Waals surface area contributed by atoms with Gasteiger partial charge in [0.15, 0.2) is 0 Å². The molecule has 0 saturated carbocycles. The Morgan fingerprint density at radius 3 is 2.82 bits per heavy atom. The Morgan fingerprint density at radius 2 is 2.18 bits per heavy atom. The van der Waals surface area contributed by atoms with Gasteiger partial charge in [0.25, 0.3) is 0 Å². The molecule has 92 valence electrons. The van der Waals surface area contributed by atoms with Crippen LogP contribution < -0.4 is 10.6 Å². The van der Waals surface area contributed by atoms with Crippen molar-refractivity contribution in [2.45, 2.75) is 0 Å². The zero-order valence-corrected chi connectivity index (χ0v) is 10.2. The summed E-state index contributed by atoms with van der Waals surface area (Å²) in [7, 11) is 0. The monoisotopic (exact) mass is 254 g/mol. The Labute approximate surface area is 104 Å². The van der Waals surface area contributed by atoms with E-state index in [2.05, 4.69) is 10.6 Å². The molecule has 0 radical (unpaired) electrons. The molecule has 17 heavy (non-hydrogen) atoms. The summed E-state index contributed by atoms with van der Waals surface area (Å²) in [5.41, 5.74) is 0.610. The van der Waals surface area contributed by atoms with Crippen LogP contribution in [0.3, 0.4) is 0 Å². The van der Waals surface area contributed by atoms with Crippen LogP contribution in [0, 0.1) is 0 Å². The third kappa shape index (κ3) is 4.78. The number of carbonyl (C=O) groups is 2. The molecule has 1 aromatic carbocycles.